The number of allylic oxidation sites excluding steroid dienone is 1. The molecule has 1 aromatic heterocycles. The summed E-state index contributed by atoms with van der Waals surface area (Å²) in [6.45, 7) is 2.42. The Hall–Kier alpha value is -2.66. The first-order valence-corrected chi connectivity index (χ1v) is 11.2. The van der Waals surface area contributed by atoms with Crippen molar-refractivity contribution in [1.82, 2.24) is 4.98 Å². The number of esters is 1. The van der Waals surface area contributed by atoms with Gasteiger partial charge in [-0.15, -0.1) is 0 Å². The normalized spacial score (nSPS) is 13.1. The number of hydrogen-bond acceptors (Lipinski definition) is 4. The van der Waals surface area contributed by atoms with Gasteiger partial charge in [-0.2, -0.15) is 0 Å². The first-order chi connectivity index (χ1) is 15.0. The molecule has 166 valence electrons. The van der Waals surface area contributed by atoms with E-state index in [0.717, 1.165) is 37.7 Å². The van der Waals surface area contributed by atoms with Crippen molar-refractivity contribution in [2.24, 2.45) is 11.7 Å². The fourth-order valence-corrected chi connectivity index (χ4v) is 3.89. The molecular formula is C25H31ClN2O3. The molecule has 2 unspecified atom stereocenters. The zero-order valence-electron chi connectivity index (χ0n) is 18.0. The minimum absolute atomic E-state index is 0.272. The number of nitrogens with zero attached hydrogens (tertiary/aromatic N) is 1. The van der Waals surface area contributed by atoms with Crippen molar-refractivity contribution in [3.8, 4) is 0 Å². The van der Waals surface area contributed by atoms with Gasteiger partial charge in [0.2, 0.25) is 5.91 Å². The summed E-state index contributed by atoms with van der Waals surface area (Å²) in [6, 6.07) is 13.2. The number of hydrogen-bond donors (Lipinski definition) is 1. The van der Waals surface area contributed by atoms with Crippen LogP contribution in [0.5, 0.6) is 0 Å². The molecule has 0 saturated heterocycles. The summed E-state index contributed by atoms with van der Waals surface area (Å²) in [5.41, 5.74) is 7.29. The molecule has 2 atom stereocenters. The van der Waals surface area contributed by atoms with E-state index in [1.165, 1.54) is 6.08 Å². The van der Waals surface area contributed by atoms with Crippen LogP contribution in [0.4, 0.5) is 0 Å². The zero-order valence-corrected chi connectivity index (χ0v) is 18.8. The number of carbonyl (C=O) groups excluding carboxylic acids is 2. The zero-order chi connectivity index (χ0) is 22.5. The predicted octanol–water partition coefficient (Wildman–Crippen LogP) is 5.58. The lowest BCUT2D eigenvalue weighted by Crippen LogP contribution is -2.22. The number of benzene rings is 1. The minimum atomic E-state index is -0.441. The van der Waals surface area contributed by atoms with E-state index in [-0.39, 0.29) is 18.5 Å². The minimum Gasteiger partial charge on any atom is -0.458 e. The summed E-state index contributed by atoms with van der Waals surface area (Å²) < 4.78 is 5.25. The molecule has 0 saturated carbocycles. The average molecular weight is 443 g/mol. The Morgan fingerprint density at radius 3 is 2.55 bits per heavy atom. The van der Waals surface area contributed by atoms with Crippen LogP contribution in [-0.4, -0.2) is 16.9 Å². The summed E-state index contributed by atoms with van der Waals surface area (Å²) in [5, 5.41) is 0.329. The molecule has 1 amide bonds. The third-order valence-corrected chi connectivity index (χ3v) is 5.60. The Labute approximate surface area is 189 Å². The van der Waals surface area contributed by atoms with E-state index >= 15 is 0 Å². The largest absolute Gasteiger partial charge is 0.458 e. The van der Waals surface area contributed by atoms with Crippen molar-refractivity contribution in [2.45, 2.75) is 58.0 Å². The Bertz CT molecular complexity index is 855. The summed E-state index contributed by atoms with van der Waals surface area (Å²) in [6.07, 6.45) is 10.3. The van der Waals surface area contributed by atoms with Gasteiger partial charge in [-0.05, 0) is 43.2 Å². The van der Waals surface area contributed by atoms with Crippen molar-refractivity contribution in [2.75, 3.05) is 0 Å². The number of carbonyl (C=O) groups is 2. The number of rotatable bonds is 13. The van der Waals surface area contributed by atoms with E-state index in [2.05, 4.69) is 11.9 Å². The van der Waals surface area contributed by atoms with Crippen LogP contribution in [0.25, 0.3) is 0 Å². The van der Waals surface area contributed by atoms with E-state index in [4.69, 9.17) is 22.1 Å². The lowest BCUT2D eigenvalue weighted by atomic mass is 9.86. The van der Waals surface area contributed by atoms with Crippen molar-refractivity contribution in [3.63, 3.8) is 0 Å². The van der Waals surface area contributed by atoms with E-state index < -0.39 is 5.92 Å². The molecule has 1 heterocycles. The third kappa shape index (κ3) is 8.93. The van der Waals surface area contributed by atoms with Crippen LogP contribution in [0, 0.1) is 5.92 Å². The summed E-state index contributed by atoms with van der Waals surface area (Å²) in [7, 11) is 0. The molecule has 0 aliphatic carbocycles. The van der Waals surface area contributed by atoms with E-state index in [9.17, 15) is 9.59 Å². The quantitative estimate of drug-likeness (QED) is 0.249. The highest BCUT2D eigenvalue weighted by molar-refractivity contribution is 6.30. The second-order valence-corrected chi connectivity index (χ2v) is 8.00. The van der Waals surface area contributed by atoms with Crippen LogP contribution in [0.15, 0.2) is 60.8 Å². The van der Waals surface area contributed by atoms with Gasteiger partial charge in [0, 0.05) is 17.8 Å². The van der Waals surface area contributed by atoms with Crippen LogP contribution in [0.2, 0.25) is 5.15 Å². The first-order valence-electron chi connectivity index (χ1n) is 10.8. The number of aromatic nitrogens is 1. The number of amides is 1. The van der Waals surface area contributed by atoms with Crippen LogP contribution < -0.4 is 5.73 Å². The van der Waals surface area contributed by atoms with Gasteiger partial charge in [-0.3, -0.25) is 4.79 Å². The molecule has 0 fully saturated rings. The second kappa shape index (κ2) is 13.6. The molecule has 6 heteroatoms. The van der Waals surface area contributed by atoms with Crippen molar-refractivity contribution in [3.05, 3.63) is 77.1 Å². The number of primary amides is 1. The number of halogens is 1. The summed E-state index contributed by atoms with van der Waals surface area (Å²) in [4.78, 5) is 27.9. The van der Waals surface area contributed by atoms with E-state index in [1.807, 2.05) is 42.5 Å². The van der Waals surface area contributed by atoms with Gasteiger partial charge in [-0.25, -0.2) is 9.78 Å². The predicted molar refractivity (Wildman–Crippen MR) is 123 cm³/mol. The van der Waals surface area contributed by atoms with Gasteiger partial charge in [-0.1, -0.05) is 73.8 Å². The first kappa shape index (κ1) is 24.6. The third-order valence-electron chi connectivity index (χ3n) is 5.29. The SMILES string of the molecule is CCCC(CC/C=C/C(=O)OCc1ccccc1)CCC(C(N)=O)c1cccnc1Cl. The van der Waals surface area contributed by atoms with Gasteiger partial charge >= 0.3 is 5.97 Å². The van der Waals surface area contributed by atoms with Gasteiger partial charge in [0.1, 0.15) is 11.8 Å². The Morgan fingerprint density at radius 2 is 1.87 bits per heavy atom. The van der Waals surface area contributed by atoms with Gasteiger partial charge in [0.25, 0.3) is 0 Å². The maximum absolute atomic E-state index is 12.0. The summed E-state index contributed by atoms with van der Waals surface area (Å²) in [5.74, 6) is -0.724. The number of nitrogens with two attached hydrogens (primary N) is 1. The van der Waals surface area contributed by atoms with Crippen LogP contribution >= 0.6 is 11.6 Å². The molecule has 2 rings (SSSR count). The molecule has 2 aromatic rings. The average Bonchev–Trinajstić information content (AvgIpc) is 2.77. The van der Waals surface area contributed by atoms with Crippen molar-refractivity contribution in [1.29, 1.82) is 0 Å². The molecule has 0 aliphatic rings. The molecule has 2 N–H and O–H groups in total. The van der Waals surface area contributed by atoms with Gasteiger partial charge in [0.05, 0.1) is 5.92 Å². The Kier molecular flexibility index (Phi) is 10.8. The highest BCUT2D eigenvalue weighted by Crippen LogP contribution is 2.30. The number of pyridine rings is 1. The molecule has 1 aromatic carbocycles. The van der Waals surface area contributed by atoms with E-state index in [1.54, 1.807) is 12.3 Å². The standard InChI is InChI=1S/C25H31ClN2O3/c1-2-9-19(15-16-22(25(27)30)21-13-8-17-28-24(21)26)10-6-7-14-23(29)31-18-20-11-4-3-5-12-20/h3-5,7-8,11-14,17,19,22H,2,6,9-10,15-16,18H2,1H3,(H2,27,30)/b14-7+. The number of ether oxygens (including phenoxy) is 1. The monoisotopic (exact) mass is 442 g/mol. The van der Waals surface area contributed by atoms with Gasteiger partial charge in [0.15, 0.2) is 0 Å². The molecule has 0 radical (unpaired) electrons. The topological polar surface area (TPSA) is 82.3 Å². The lowest BCUT2D eigenvalue weighted by Gasteiger charge is -2.19. The lowest BCUT2D eigenvalue weighted by molar-refractivity contribution is -0.139. The highest BCUT2D eigenvalue weighted by atomic mass is 35.5. The van der Waals surface area contributed by atoms with Gasteiger partial charge < -0.3 is 10.5 Å². The van der Waals surface area contributed by atoms with Crippen molar-refractivity contribution < 1.29 is 14.3 Å². The molecular weight excluding hydrogens is 412 g/mol. The molecule has 31 heavy (non-hydrogen) atoms. The fourth-order valence-electron chi connectivity index (χ4n) is 3.64. The maximum Gasteiger partial charge on any atom is 0.330 e. The van der Waals surface area contributed by atoms with Crippen LogP contribution in [-0.2, 0) is 20.9 Å². The molecule has 5 nitrogen and oxygen atoms in total. The second-order valence-electron chi connectivity index (χ2n) is 7.64. The molecule has 0 bridgehead atoms. The Balaban J connectivity index is 1.81. The van der Waals surface area contributed by atoms with E-state index in [0.29, 0.717) is 23.1 Å². The van der Waals surface area contributed by atoms with Crippen LogP contribution in [0.1, 0.15) is 62.5 Å². The molecule has 0 aliphatic heterocycles. The fraction of sp³-hybridized carbons (Fsp3) is 0.400. The van der Waals surface area contributed by atoms with Crippen LogP contribution in [0.3, 0.4) is 0 Å². The van der Waals surface area contributed by atoms with Crippen molar-refractivity contribution >= 4 is 23.5 Å². The maximum atomic E-state index is 12.0. The molecule has 0 spiro atoms. The summed E-state index contributed by atoms with van der Waals surface area (Å²) >= 11 is 6.16. The smallest absolute Gasteiger partial charge is 0.330 e. The highest BCUT2D eigenvalue weighted by Gasteiger charge is 2.22. The Morgan fingerprint density at radius 1 is 1.10 bits per heavy atom.